The number of carbonyl (C=O) groups is 2. The number of H-pyrrole nitrogens is 1. The van der Waals surface area contributed by atoms with Crippen molar-refractivity contribution in [2.75, 3.05) is 19.6 Å². The van der Waals surface area contributed by atoms with Gasteiger partial charge >= 0.3 is 6.18 Å². The zero-order valence-electron chi connectivity index (χ0n) is 16.5. The van der Waals surface area contributed by atoms with Gasteiger partial charge in [0.05, 0.1) is 17.4 Å². The first kappa shape index (κ1) is 20.9. The number of piperidine rings is 1. The van der Waals surface area contributed by atoms with E-state index in [1.54, 1.807) is 16.5 Å². The van der Waals surface area contributed by atoms with Crippen molar-refractivity contribution in [3.05, 3.63) is 48.0 Å². The number of alkyl halides is 3. The van der Waals surface area contributed by atoms with Crippen LogP contribution in [0.1, 0.15) is 34.9 Å². The Balaban J connectivity index is 1.31. The number of rotatable bonds is 5. The zero-order valence-corrected chi connectivity index (χ0v) is 16.5. The van der Waals surface area contributed by atoms with Crippen molar-refractivity contribution in [1.82, 2.24) is 30.0 Å². The van der Waals surface area contributed by atoms with Crippen LogP contribution in [0.5, 0.6) is 0 Å². The molecule has 2 amide bonds. The number of para-hydroxylation sites is 2. The van der Waals surface area contributed by atoms with Gasteiger partial charge in [-0.3, -0.25) is 14.7 Å². The van der Waals surface area contributed by atoms with Crippen LogP contribution in [0.15, 0.2) is 36.7 Å². The van der Waals surface area contributed by atoms with Crippen molar-refractivity contribution in [2.24, 2.45) is 0 Å². The highest BCUT2D eigenvalue weighted by Crippen LogP contribution is 2.27. The number of nitrogens with one attached hydrogen (secondary N) is 2. The van der Waals surface area contributed by atoms with Crippen LogP contribution in [0.25, 0.3) is 11.0 Å². The maximum atomic E-state index is 12.7. The number of hydrogen-bond acceptors (Lipinski definition) is 4. The number of aromatic nitrogens is 4. The molecule has 3 heterocycles. The van der Waals surface area contributed by atoms with Gasteiger partial charge in [-0.1, -0.05) is 12.1 Å². The summed E-state index contributed by atoms with van der Waals surface area (Å²) in [7, 11) is 0. The van der Waals surface area contributed by atoms with Crippen LogP contribution in [0.3, 0.4) is 0 Å². The lowest BCUT2D eigenvalue weighted by atomic mass is 9.93. The van der Waals surface area contributed by atoms with Gasteiger partial charge < -0.3 is 14.8 Å². The second-order valence-electron chi connectivity index (χ2n) is 7.52. The van der Waals surface area contributed by atoms with Crippen molar-refractivity contribution in [1.29, 1.82) is 0 Å². The van der Waals surface area contributed by atoms with E-state index in [2.05, 4.69) is 15.2 Å². The van der Waals surface area contributed by atoms with Gasteiger partial charge in [0, 0.05) is 24.7 Å². The molecule has 0 bridgehead atoms. The van der Waals surface area contributed by atoms with Gasteiger partial charge in [-0.15, -0.1) is 0 Å². The van der Waals surface area contributed by atoms with E-state index in [4.69, 9.17) is 0 Å². The van der Waals surface area contributed by atoms with Crippen molar-refractivity contribution >= 4 is 22.8 Å². The Bertz CT molecular complexity index is 1080. The quantitative estimate of drug-likeness (QED) is 0.645. The average Bonchev–Trinajstić information content (AvgIpc) is 3.40. The van der Waals surface area contributed by atoms with Crippen molar-refractivity contribution in [3.63, 3.8) is 0 Å². The molecule has 0 spiro atoms. The maximum Gasteiger partial charge on any atom is 0.405 e. The number of imidazole rings is 1. The van der Waals surface area contributed by atoms with Crippen LogP contribution >= 0.6 is 0 Å². The van der Waals surface area contributed by atoms with Gasteiger partial charge in [-0.2, -0.15) is 18.3 Å². The highest BCUT2D eigenvalue weighted by molar-refractivity contribution is 5.92. The first-order valence-electron chi connectivity index (χ1n) is 9.88. The summed E-state index contributed by atoms with van der Waals surface area (Å²) in [6.07, 6.45) is -1.48. The molecule has 0 unspecified atom stereocenters. The molecule has 0 atom stereocenters. The maximum absolute atomic E-state index is 12.7. The van der Waals surface area contributed by atoms with Crippen molar-refractivity contribution in [3.8, 4) is 0 Å². The van der Waals surface area contributed by atoms with Gasteiger partial charge in [0.25, 0.3) is 5.91 Å². The molecule has 164 valence electrons. The molecule has 31 heavy (non-hydrogen) atoms. The van der Waals surface area contributed by atoms with Gasteiger partial charge in [-0.25, -0.2) is 4.98 Å². The Labute approximate surface area is 175 Å². The van der Waals surface area contributed by atoms with E-state index in [-0.39, 0.29) is 24.1 Å². The molecule has 0 radical (unpaired) electrons. The van der Waals surface area contributed by atoms with Crippen LogP contribution < -0.4 is 5.32 Å². The molecule has 0 aliphatic carbocycles. The highest BCUT2D eigenvalue weighted by Gasteiger charge is 2.29. The monoisotopic (exact) mass is 434 g/mol. The number of carbonyl (C=O) groups excluding carboxylic acids is 2. The van der Waals surface area contributed by atoms with Gasteiger partial charge in [0.1, 0.15) is 18.8 Å². The van der Waals surface area contributed by atoms with Gasteiger partial charge in [-0.05, 0) is 31.0 Å². The van der Waals surface area contributed by atoms with Crippen LogP contribution in [0, 0.1) is 0 Å². The lowest BCUT2D eigenvalue weighted by Gasteiger charge is -2.31. The molecule has 2 aromatic heterocycles. The fourth-order valence-corrected chi connectivity index (χ4v) is 3.76. The van der Waals surface area contributed by atoms with Gasteiger partial charge in [0.15, 0.2) is 0 Å². The van der Waals surface area contributed by atoms with E-state index >= 15 is 0 Å². The summed E-state index contributed by atoms with van der Waals surface area (Å²) in [5, 5.41) is 8.38. The van der Waals surface area contributed by atoms with Crippen LogP contribution in [-0.4, -0.2) is 62.3 Å². The van der Waals surface area contributed by atoms with E-state index in [1.807, 2.05) is 28.8 Å². The Morgan fingerprint density at radius 3 is 2.68 bits per heavy atom. The number of amides is 2. The second kappa shape index (κ2) is 8.40. The molecule has 1 aromatic carbocycles. The summed E-state index contributed by atoms with van der Waals surface area (Å²) in [5.74, 6) is -0.826. The number of fused-ring (bicyclic) bond motifs is 1. The number of benzene rings is 1. The Morgan fingerprint density at radius 1 is 1.19 bits per heavy atom. The molecule has 1 aliphatic heterocycles. The summed E-state index contributed by atoms with van der Waals surface area (Å²) < 4.78 is 38.6. The minimum absolute atomic E-state index is 0.00145. The zero-order chi connectivity index (χ0) is 22.0. The minimum atomic E-state index is -4.48. The summed E-state index contributed by atoms with van der Waals surface area (Å²) in [4.78, 5) is 30.6. The van der Waals surface area contributed by atoms with Crippen LogP contribution in [-0.2, 0) is 11.3 Å². The average molecular weight is 434 g/mol. The Hall–Kier alpha value is -3.37. The smallest absolute Gasteiger partial charge is 0.342 e. The summed E-state index contributed by atoms with van der Waals surface area (Å²) >= 11 is 0. The van der Waals surface area contributed by atoms with E-state index in [0.717, 1.165) is 11.0 Å². The van der Waals surface area contributed by atoms with Crippen molar-refractivity contribution < 1.29 is 22.8 Å². The van der Waals surface area contributed by atoms with E-state index < -0.39 is 18.6 Å². The Morgan fingerprint density at radius 2 is 1.94 bits per heavy atom. The molecule has 4 rings (SSSR count). The molecular weight excluding hydrogens is 413 g/mol. The highest BCUT2D eigenvalue weighted by atomic mass is 19.4. The second-order valence-corrected chi connectivity index (χ2v) is 7.52. The molecule has 1 saturated heterocycles. The van der Waals surface area contributed by atoms with Crippen LogP contribution in [0.4, 0.5) is 13.2 Å². The molecule has 3 aromatic rings. The molecule has 8 nitrogen and oxygen atoms in total. The summed E-state index contributed by atoms with van der Waals surface area (Å²) in [6, 6.07) is 9.09. The molecule has 1 aliphatic rings. The summed E-state index contributed by atoms with van der Waals surface area (Å²) in [6.45, 7) is -0.102. The third-order valence-corrected chi connectivity index (χ3v) is 5.40. The first-order valence-corrected chi connectivity index (χ1v) is 9.88. The van der Waals surface area contributed by atoms with Crippen LogP contribution in [0.2, 0.25) is 0 Å². The predicted molar refractivity (Wildman–Crippen MR) is 105 cm³/mol. The number of nitrogens with zero attached hydrogens (tertiary/aromatic N) is 4. The molecule has 0 saturated carbocycles. The molecule has 2 N–H and O–H groups in total. The van der Waals surface area contributed by atoms with E-state index in [0.29, 0.717) is 31.6 Å². The lowest BCUT2D eigenvalue weighted by Crippen LogP contribution is -2.39. The van der Waals surface area contributed by atoms with E-state index in [1.165, 1.54) is 6.07 Å². The summed E-state index contributed by atoms with van der Waals surface area (Å²) in [5.41, 5.74) is 2.34. The number of hydrogen-bond donors (Lipinski definition) is 2. The van der Waals surface area contributed by atoms with E-state index in [9.17, 15) is 22.8 Å². The number of halogens is 3. The lowest BCUT2D eigenvalue weighted by molar-refractivity contribution is -0.132. The molecule has 1 fully saturated rings. The predicted octanol–water partition coefficient (Wildman–Crippen LogP) is 2.46. The van der Waals surface area contributed by atoms with Gasteiger partial charge in [0.2, 0.25) is 5.91 Å². The fourth-order valence-electron chi connectivity index (χ4n) is 3.76. The standard InChI is InChI=1S/C20H21F3N6O2/c21-20(22,23)11-24-19(31)16-9-15(26-27-16)13-5-7-28(8-6-13)18(30)10-29-12-25-14-3-1-2-4-17(14)29/h1-4,9,12-13H,5-8,10-11H2,(H,24,31)(H,26,27). The Kier molecular flexibility index (Phi) is 5.66. The fraction of sp³-hybridized carbons (Fsp3) is 0.400. The minimum Gasteiger partial charge on any atom is -0.342 e. The van der Waals surface area contributed by atoms with Crippen molar-refractivity contribution in [2.45, 2.75) is 31.5 Å². The number of aromatic amines is 1. The SMILES string of the molecule is O=C(NCC(F)(F)F)c1cc(C2CCN(C(=O)Cn3cnc4ccccc43)CC2)[nH]n1. The first-order chi connectivity index (χ1) is 14.8. The normalized spacial score (nSPS) is 15.4. The number of likely N-dealkylation sites (tertiary alicyclic amines) is 1. The topological polar surface area (TPSA) is 95.9 Å². The third kappa shape index (κ3) is 4.86. The third-order valence-electron chi connectivity index (χ3n) is 5.40. The molecular formula is C20H21F3N6O2. The largest absolute Gasteiger partial charge is 0.405 e. The molecule has 11 heteroatoms.